The fourth-order valence-electron chi connectivity index (χ4n) is 2.63. The maximum absolute atomic E-state index is 11.2. The molecule has 0 amide bonds. The molecule has 2 aromatic carbocycles. The summed E-state index contributed by atoms with van der Waals surface area (Å²) in [6.45, 7) is 0. The number of hydrogen-bond donors (Lipinski definition) is 0. The summed E-state index contributed by atoms with van der Waals surface area (Å²) in [6.07, 6.45) is 1.56. The van der Waals surface area contributed by atoms with Gasteiger partial charge in [-0.05, 0) is 36.4 Å². The van der Waals surface area contributed by atoms with Crippen LogP contribution in [-0.2, 0) is 0 Å². The van der Waals surface area contributed by atoms with E-state index >= 15 is 0 Å². The number of benzene rings is 2. The summed E-state index contributed by atoms with van der Waals surface area (Å²) in [6, 6.07) is 17.9. The minimum atomic E-state index is -0.448. The van der Waals surface area contributed by atoms with Crippen LogP contribution in [0.15, 0.2) is 85.4 Å². The van der Waals surface area contributed by atoms with E-state index in [1.54, 1.807) is 54.7 Å². The lowest BCUT2D eigenvalue weighted by Gasteiger charge is -1.98. The normalized spacial score (nSPS) is 11.3. The Balaban J connectivity index is 1.59. The molecule has 0 N–H and O–H groups in total. The fourth-order valence-corrected chi connectivity index (χ4v) is 2.63. The van der Waals surface area contributed by atoms with Crippen molar-refractivity contribution in [2.45, 2.75) is 0 Å². The first-order valence-corrected chi connectivity index (χ1v) is 8.01. The molecule has 0 aliphatic carbocycles. The van der Waals surface area contributed by atoms with Crippen molar-refractivity contribution in [2.75, 3.05) is 0 Å². The first-order chi connectivity index (χ1) is 13.1. The van der Waals surface area contributed by atoms with Gasteiger partial charge in [0, 0.05) is 29.1 Å². The summed E-state index contributed by atoms with van der Waals surface area (Å²) < 4.78 is 10.8. The second kappa shape index (κ2) is 6.72. The monoisotopic (exact) mass is 360 g/mol. The van der Waals surface area contributed by atoms with Gasteiger partial charge in [0.05, 0.1) is 16.8 Å². The molecule has 0 atom stereocenters. The summed E-state index contributed by atoms with van der Waals surface area (Å²) in [5.74, 6) is 1.02. The predicted octanol–water partition coefficient (Wildman–Crippen LogP) is 4.71. The summed E-state index contributed by atoms with van der Waals surface area (Å²) >= 11 is 0. The number of nitrogens with zero attached hydrogens (tertiary/aromatic N) is 2. The van der Waals surface area contributed by atoms with Crippen LogP contribution in [0.25, 0.3) is 22.3 Å². The molecule has 132 valence electrons. The molecule has 7 heteroatoms. The molecule has 0 fully saturated rings. The van der Waals surface area contributed by atoms with Crippen LogP contribution < -0.4 is 5.63 Å². The summed E-state index contributed by atoms with van der Waals surface area (Å²) in [7, 11) is 0. The van der Waals surface area contributed by atoms with Crippen molar-refractivity contribution in [3.63, 3.8) is 0 Å². The standard InChI is InChI=1S/C20H12N2O5/c23-20-9-4-14-10-15(5-7-19(14)27-20)21-12-17-6-8-18(26-17)13-2-1-3-16(11-13)22(24)25/h1-12H. The largest absolute Gasteiger partial charge is 0.455 e. The number of rotatable bonds is 4. The van der Waals surface area contributed by atoms with Crippen LogP contribution in [0.5, 0.6) is 0 Å². The highest BCUT2D eigenvalue weighted by molar-refractivity contribution is 5.84. The molecule has 27 heavy (non-hydrogen) atoms. The van der Waals surface area contributed by atoms with Gasteiger partial charge in [0.1, 0.15) is 17.1 Å². The van der Waals surface area contributed by atoms with Gasteiger partial charge in [-0.1, -0.05) is 12.1 Å². The van der Waals surface area contributed by atoms with E-state index in [9.17, 15) is 14.9 Å². The lowest BCUT2D eigenvalue weighted by molar-refractivity contribution is -0.384. The van der Waals surface area contributed by atoms with E-state index in [1.807, 2.05) is 0 Å². The molecule has 0 radical (unpaired) electrons. The zero-order valence-electron chi connectivity index (χ0n) is 13.9. The van der Waals surface area contributed by atoms with Crippen molar-refractivity contribution in [1.82, 2.24) is 0 Å². The second-order valence-corrected chi connectivity index (χ2v) is 5.74. The molecule has 0 bridgehead atoms. The molecule has 4 rings (SSSR count). The number of fused-ring (bicyclic) bond motifs is 1. The number of aliphatic imine (C=N–C) groups is 1. The van der Waals surface area contributed by atoms with Gasteiger partial charge in [-0.25, -0.2) is 4.79 Å². The van der Waals surface area contributed by atoms with Gasteiger partial charge in [0.25, 0.3) is 5.69 Å². The number of hydrogen-bond acceptors (Lipinski definition) is 6. The Morgan fingerprint density at radius 3 is 2.70 bits per heavy atom. The minimum Gasteiger partial charge on any atom is -0.455 e. The Morgan fingerprint density at radius 2 is 1.85 bits per heavy atom. The predicted molar refractivity (Wildman–Crippen MR) is 101 cm³/mol. The van der Waals surface area contributed by atoms with Crippen molar-refractivity contribution >= 4 is 28.6 Å². The van der Waals surface area contributed by atoms with Gasteiger partial charge in [-0.2, -0.15) is 0 Å². The van der Waals surface area contributed by atoms with Gasteiger partial charge >= 0.3 is 5.63 Å². The molecule has 2 heterocycles. The van der Waals surface area contributed by atoms with Crippen molar-refractivity contribution in [2.24, 2.45) is 4.99 Å². The Morgan fingerprint density at radius 1 is 0.963 bits per heavy atom. The highest BCUT2D eigenvalue weighted by atomic mass is 16.6. The smallest absolute Gasteiger partial charge is 0.336 e. The Bertz CT molecular complexity index is 1240. The Hall–Kier alpha value is -4.00. The maximum Gasteiger partial charge on any atom is 0.336 e. The van der Waals surface area contributed by atoms with Crippen molar-refractivity contribution in [3.05, 3.63) is 93.0 Å². The molecule has 2 aromatic heterocycles. The number of nitro benzene ring substituents is 1. The average molecular weight is 360 g/mol. The molecule has 0 spiro atoms. The third kappa shape index (κ3) is 3.52. The number of non-ortho nitro benzene ring substituents is 1. The van der Waals surface area contributed by atoms with Crippen LogP contribution >= 0.6 is 0 Å². The zero-order chi connectivity index (χ0) is 18.8. The molecule has 7 nitrogen and oxygen atoms in total. The molecule has 4 aromatic rings. The van der Waals surface area contributed by atoms with E-state index in [4.69, 9.17) is 8.83 Å². The van der Waals surface area contributed by atoms with Crippen LogP contribution in [-0.4, -0.2) is 11.1 Å². The SMILES string of the molecule is O=c1ccc2cc(N=Cc3ccc(-c4cccc([N+](=O)[O-])c4)o3)ccc2o1. The highest BCUT2D eigenvalue weighted by Gasteiger charge is 2.09. The van der Waals surface area contributed by atoms with E-state index in [1.165, 1.54) is 18.2 Å². The van der Waals surface area contributed by atoms with E-state index < -0.39 is 10.5 Å². The molecule has 0 aliphatic rings. The third-order valence-electron chi connectivity index (χ3n) is 3.91. The summed E-state index contributed by atoms with van der Waals surface area (Å²) in [4.78, 5) is 26.0. The van der Waals surface area contributed by atoms with Crippen LogP contribution in [0.2, 0.25) is 0 Å². The first-order valence-electron chi connectivity index (χ1n) is 8.01. The first kappa shape index (κ1) is 16.5. The molecule has 0 saturated heterocycles. The van der Waals surface area contributed by atoms with Crippen LogP contribution in [0, 0.1) is 10.1 Å². The minimum absolute atomic E-state index is 0.00179. The Kier molecular flexibility index (Phi) is 4.10. The molecule has 0 saturated carbocycles. The summed E-state index contributed by atoms with van der Waals surface area (Å²) in [5.41, 5.74) is 1.38. The quantitative estimate of drug-likeness (QED) is 0.227. The van der Waals surface area contributed by atoms with E-state index in [-0.39, 0.29) is 5.69 Å². The highest BCUT2D eigenvalue weighted by Crippen LogP contribution is 2.26. The molecular weight excluding hydrogens is 348 g/mol. The number of furan rings is 1. The fraction of sp³-hybridized carbons (Fsp3) is 0. The molecule has 0 unspecified atom stereocenters. The number of nitro groups is 1. The lowest BCUT2D eigenvalue weighted by Crippen LogP contribution is -1.93. The van der Waals surface area contributed by atoms with Gasteiger partial charge in [0.2, 0.25) is 0 Å². The topological polar surface area (TPSA) is 98.8 Å². The van der Waals surface area contributed by atoms with Gasteiger partial charge in [-0.3, -0.25) is 15.1 Å². The molecular formula is C20H12N2O5. The average Bonchev–Trinajstić information content (AvgIpc) is 3.15. The van der Waals surface area contributed by atoms with Crippen LogP contribution in [0.3, 0.4) is 0 Å². The second-order valence-electron chi connectivity index (χ2n) is 5.74. The van der Waals surface area contributed by atoms with Crippen LogP contribution in [0.4, 0.5) is 11.4 Å². The van der Waals surface area contributed by atoms with Crippen molar-refractivity contribution in [1.29, 1.82) is 0 Å². The van der Waals surface area contributed by atoms with Gasteiger partial charge in [0.15, 0.2) is 0 Å². The maximum atomic E-state index is 11.2. The Labute approximate surface area is 152 Å². The van der Waals surface area contributed by atoms with Gasteiger partial charge < -0.3 is 8.83 Å². The zero-order valence-corrected chi connectivity index (χ0v) is 13.9. The van der Waals surface area contributed by atoms with Crippen LogP contribution in [0.1, 0.15) is 5.76 Å². The van der Waals surface area contributed by atoms with Crippen molar-refractivity contribution in [3.8, 4) is 11.3 Å². The third-order valence-corrected chi connectivity index (χ3v) is 3.91. The van der Waals surface area contributed by atoms with Gasteiger partial charge in [-0.15, -0.1) is 0 Å². The lowest BCUT2D eigenvalue weighted by atomic mass is 10.1. The van der Waals surface area contributed by atoms with E-state index in [2.05, 4.69) is 4.99 Å². The van der Waals surface area contributed by atoms with Crippen molar-refractivity contribution < 1.29 is 13.8 Å². The van der Waals surface area contributed by atoms with E-state index in [0.29, 0.717) is 28.4 Å². The molecule has 0 aliphatic heterocycles. The van der Waals surface area contributed by atoms with E-state index in [0.717, 1.165) is 5.39 Å². The summed E-state index contributed by atoms with van der Waals surface area (Å²) in [5, 5.41) is 11.7.